The van der Waals surface area contributed by atoms with Crippen molar-refractivity contribution in [3.8, 4) is 5.75 Å². The van der Waals surface area contributed by atoms with Crippen molar-refractivity contribution < 1.29 is 32.2 Å². The Morgan fingerprint density at radius 3 is 2.36 bits per heavy atom. The van der Waals surface area contributed by atoms with Crippen molar-refractivity contribution in [1.82, 2.24) is 10.2 Å². The molecule has 1 aromatic rings. The molecule has 2 saturated heterocycles. The number of nitrogens with one attached hydrogen (secondary N) is 1. The van der Waals surface area contributed by atoms with Gasteiger partial charge in [-0.1, -0.05) is 0 Å². The molecule has 6 nitrogen and oxygen atoms in total. The van der Waals surface area contributed by atoms with E-state index in [9.17, 15) is 18.0 Å². The van der Waals surface area contributed by atoms with Gasteiger partial charge in [0, 0.05) is 37.7 Å². The van der Waals surface area contributed by atoms with Crippen molar-refractivity contribution in [2.75, 3.05) is 26.2 Å². The summed E-state index contributed by atoms with van der Waals surface area (Å²) >= 11 is 0. The number of carbonyl (C=O) groups is 1. The van der Waals surface area contributed by atoms with Crippen LogP contribution in [-0.2, 0) is 9.47 Å². The van der Waals surface area contributed by atoms with Crippen LogP contribution in [0.3, 0.4) is 0 Å². The van der Waals surface area contributed by atoms with Gasteiger partial charge in [0.15, 0.2) is 17.4 Å². The second-order valence-electron chi connectivity index (χ2n) is 9.36. The van der Waals surface area contributed by atoms with E-state index in [1.807, 2.05) is 0 Å². The van der Waals surface area contributed by atoms with Gasteiger partial charge in [-0.3, -0.25) is 0 Å². The monoisotopic (exact) mass is 470 g/mol. The number of ether oxygens (including phenoxy) is 3. The number of hydrogen-bond donors (Lipinski definition) is 1. The first-order valence-electron chi connectivity index (χ1n) is 12.1. The average molecular weight is 471 g/mol. The van der Waals surface area contributed by atoms with Crippen LogP contribution in [0.2, 0.25) is 0 Å². The van der Waals surface area contributed by atoms with Crippen LogP contribution in [-0.4, -0.2) is 55.7 Å². The summed E-state index contributed by atoms with van der Waals surface area (Å²) < 4.78 is 56.8. The molecule has 1 unspecified atom stereocenters. The quantitative estimate of drug-likeness (QED) is 0.623. The summed E-state index contributed by atoms with van der Waals surface area (Å²) in [5.41, 5.74) is 0. The Balaban J connectivity index is 1.10. The fourth-order valence-corrected chi connectivity index (χ4v) is 4.98. The minimum atomic E-state index is -1.000. The first kappa shape index (κ1) is 24.1. The number of nitrogens with zero attached hydrogens (tertiary/aromatic N) is 1. The van der Waals surface area contributed by atoms with Gasteiger partial charge < -0.3 is 24.4 Å². The second kappa shape index (κ2) is 11.4. The van der Waals surface area contributed by atoms with Gasteiger partial charge in [-0.25, -0.2) is 18.0 Å². The van der Waals surface area contributed by atoms with Crippen LogP contribution in [0.15, 0.2) is 12.1 Å². The molecular weight excluding hydrogens is 437 g/mol. The van der Waals surface area contributed by atoms with Crippen molar-refractivity contribution in [1.29, 1.82) is 0 Å². The van der Waals surface area contributed by atoms with Crippen LogP contribution in [0.25, 0.3) is 0 Å². The third-order valence-corrected chi connectivity index (χ3v) is 6.93. The third kappa shape index (κ3) is 6.99. The molecule has 4 rings (SSSR count). The van der Waals surface area contributed by atoms with Gasteiger partial charge in [0.2, 0.25) is 6.29 Å². The summed E-state index contributed by atoms with van der Waals surface area (Å²) in [5.74, 6) is -2.80. The van der Waals surface area contributed by atoms with Crippen LogP contribution in [0, 0.1) is 23.4 Å². The SMILES string of the molecule is O=C(N[C@H]1CC[C@H](CCN2CCC(Oc3c(F)cc(F)cc3F)CC2)CC1)OC1CCCO1. The minimum Gasteiger partial charge on any atom is -0.484 e. The van der Waals surface area contributed by atoms with Crippen molar-refractivity contribution in [2.24, 2.45) is 5.92 Å². The number of likely N-dealkylation sites (tertiary alicyclic amines) is 1. The van der Waals surface area contributed by atoms with Crippen molar-refractivity contribution >= 4 is 6.09 Å². The van der Waals surface area contributed by atoms with Gasteiger partial charge in [0.05, 0.1) is 6.61 Å². The lowest BCUT2D eigenvalue weighted by Crippen LogP contribution is -2.41. The smallest absolute Gasteiger partial charge is 0.409 e. The maximum Gasteiger partial charge on any atom is 0.409 e. The molecule has 184 valence electrons. The molecule has 2 aliphatic heterocycles. The molecule has 3 fully saturated rings. The minimum absolute atomic E-state index is 0.162. The number of carbonyl (C=O) groups excluding carboxylic acids is 1. The highest BCUT2D eigenvalue weighted by atomic mass is 19.1. The van der Waals surface area contributed by atoms with Crippen molar-refractivity contribution in [2.45, 2.75) is 76.2 Å². The number of amides is 1. The van der Waals surface area contributed by atoms with E-state index in [-0.39, 0.29) is 18.2 Å². The molecule has 0 radical (unpaired) electrons. The molecule has 33 heavy (non-hydrogen) atoms. The first-order chi connectivity index (χ1) is 16.0. The molecule has 1 N–H and O–H groups in total. The Hall–Kier alpha value is -2.00. The van der Waals surface area contributed by atoms with E-state index in [0.29, 0.717) is 37.5 Å². The molecule has 0 spiro atoms. The number of rotatable bonds is 7. The molecule has 1 amide bonds. The molecule has 1 aliphatic carbocycles. The second-order valence-corrected chi connectivity index (χ2v) is 9.36. The van der Waals surface area contributed by atoms with E-state index in [4.69, 9.17) is 14.2 Å². The van der Waals surface area contributed by atoms with Gasteiger partial charge in [-0.05, 0) is 63.8 Å². The lowest BCUT2D eigenvalue weighted by molar-refractivity contribution is -0.0688. The number of alkyl carbamates (subject to hydrolysis) is 1. The first-order valence-corrected chi connectivity index (χ1v) is 12.1. The largest absolute Gasteiger partial charge is 0.484 e. The summed E-state index contributed by atoms with van der Waals surface area (Å²) in [6.07, 6.45) is 7.17. The van der Waals surface area contributed by atoms with E-state index in [1.165, 1.54) is 0 Å². The molecule has 2 heterocycles. The van der Waals surface area contributed by atoms with Gasteiger partial charge in [-0.2, -0.15) is 0 Å². The Kier molecular flexibility index (Phi) is 8.35. The Morgan fingerprint density at radius 1 is 1.03 bits per heavy atom. The normalized spacial score (nSPS) is 26.8. The van der Waals surface area contributed by atoms with Crippen LogP contribution in [0.4, 0.5) is 18.0 Å². The zero-order valence-electron chi connectivity index (χ0n) is 18.9. The topological polar surface area (TPSA) is 60.0 Å². The van der Waals surface area contributed by atoms with E-state index in [1.54, 1.807) is 0 Å². The van der Waals surface area contributed by atoms with E-state index < -0.39 is 29.5 Å². The van der Waals surface area contributed by atoms with E-state index >= 15 is 0 Å². The Morgan fingerprint density at radius 2 is 1.73 bits per heavy atom. The summed E-state index contributed by atoms with van der Waals surface area (Å²) in [5, 5.41) is 2.97. The Bertz CT molecular complexity index is 767. The molecule has 3 aliphatic rings. The maximum atomic E-state index is 13.8. The number of piperidine rings is 1. The highest BCUT2D eigenvalue weighted by molar-refractivity contribution is 5.67. The molecule has 0 aromatic heterocycles. The summed E-state index contributed by atoms with van der Waals surface area (Å²) in [4.78, 5) is 14.3. The summed E-state index contributed by atoms with van der Waals surface area (Å²) in [6, 6.07) is 1.45. The van der Waals surface area contributed by atoms with Crippen LogP contribution < -0.4 is 10.1 Å². The molecule has 9 heteroatoms. The fourth-order valence-electron chi connectivity index (χ4n) is 4.98. The maximum absolute atomic E-state index is 13.8. The zero-order chi connectivity index (χ0) is 23.2. The van der Waals surface area contributed by atoms with Gasteiger partial charge in [0.25, 0.3) is 0 Å². The van der Waals surface area contributed by atoms with Crippen LogP contribution in [0.5, 0.6) is 5.75 Å². The standard InChI is InChI=1S/C24H33F3N2O4/c25-17-14-20(26)23(21(27)15-17)32-19-8-11-29(12-9-19)10-7-16-3-5-18(6-4-16)28-24(30)33-22-2-1-13-31-22/h14-16,18-19,22H,1-13H2,(H,28,30)/t16-,18-,22?. The highest BCUT2D eigenvalue weighted by Crippen LogP contribution is 2.29. The lowest BCUT2D eigenvalue weighted by Gasteiger charge is -2.34. The van der Waals surface area contributed by atoms with Gasteiger partial charge in [-0.15, -0.1) is 0 Å². The molecular formula is C24H33F3N2O4. The van der Waals surface area contributed by atoms with E-state index in [0.717, 1.165) is 64.6 Å². The molecule has 1 atom stereocenters. The highest BCUT2D eigenvalue weighted by Gasteiger charge is 2.27. The molecule has 1 aromatic carbocycles. The van der Waals surface area contributed by atoms with Gasteiger partial charge >= 0.3 is 6.09 Å². The van der Waals surface area contributed by atoms with Gasteiger partial charge in [0.1, 0.15) is 11.9 Å². The average Bonchev–Trinajstić information content (AvgIpc) is 3.29. The number of halogens is 3. The molecule has 1 saturated carbocycles. The van der Waals surface area contributed by atoms with Crippen molar-refractivity contribution in [3.05, 3.63) is 29.6 Å². The fraction of sp³-hybridized carbons (Fsp3) is 0.708. The molecule has 0 bridgehead atoms. The predicted octanol–water partition coefficient (Wildman–Crippen LogP) is 4.76. The lowest BCUT2D eigenvalue weighted by atomic mass is 9.84. The van der Waals surface area contributed by atoms with E-state index in [2.05, 4.69) is 10.2 Å². The number of hydrogen-bond acceptors (Lipinski definition) is 5. The number of benzene rings is 1. The summed E-state index contributed by atoms with van der Waals surface area (Å²) in [6.45, 7) is 3.25. The summed E-state index contributed by atoms with van der Waals surface area (Å²) in [7, 11) is 0. The predicted molar refractivity (Wildman–Crippen MR) is 115 cm³/mol. The zero-order valence-corrected chi connectivity index (χ0v) is 18.9. The van der Waals surface area contributed by atoms with Crippen molar-refractivity contribution in [3.63, 3.8) is 0 Å². The van der Waals surface area contributed by atoms with Crippen LogP contribution in [0.1, 0.15) is 57.8 Å². The van der Waals surface area contributed by atoms with Crippen LogP contribution >= 0.6 is 0 Å². The third-order valence-electron chi connectivity index (χ3n) is 6.93. The Labute approximate surface area is 192 Å².